The number of primary amides is 1. The number of hydrogen-bond acceptors (Lipinski definition) is 4. The zero-order chi connectivity index (χ0) is 9.61. The van der Waals surface area contributed by atoms with Crippen molar-refractivity contribution < 1.29 is 17.8 Å². The Bertz CT molecular complexity index is 236. The lowest BCUT2D eigenvalue weighted by Gasteiger charge is -1.96. The molecule has 7 heteroatoms. The van der Waals surface area contributed by atoms with Gasteiger partial charge in [-0.05, 0) is 0 Å². The minimum Gasteiger partial charge on any atom is -0.369 e. The van der Waals surface area contributed by atoms with Gasteiger partial charge in [-0.15, -0.1) is 0 Å². The van der Waals surface area contributed by atoms with Crippen molar-refractivity contribution in [2.45, 2.75) is 0 Å². The van der Waals surface area contributed by atoms with Gasteiger partial charge in [0.25, 0.3) is 10.1 Å². The van der Waals surface area contributed by atoms with Crippen LogP contribution in [0.25, 0.3) is 0 Å². The zero-order valence-electron chi connectivity index (χ0n) is 6.26. The van der Waals surface area contributed by atoms with Crippen LogP contribution in [0, 0.1) is 6.42 Å². The molecule has 0 aromatic carbocycles. The molecule has 0 aliphatic carbocycles. The highest BCUT2D eigenvalue weighted by Crippen LogP contribution is 2.01. The molecule has 0 atom stereocenters. The maximum Gasteiger partial charge on any atom is 0.265 e. The maximum atomic E-state index is 10.2. The van der Waals surface area contributed by atoms with Crippen LogP contribution in [-0.4, -0.2) is 36.1 Å². The second kappa shape index (κ2) is 5.39. The molecule has 0 saturated carbocycles. The fraction of sp³-hybridized carbons (Fsp3) is 0.600. The Balaban J connectivity index is 3.29. The molecule has 0 aromatic rings. The Morgan fingerprint density at radius 2 is 2.17 bits per heavy atom. The Kier molecular flexibility index (Phi) is 5.27. The summed E-state index contributed by atoms with van der Waals surface area (Å²) in [6, 6.07) is 0. The summed E-state index contributed by atoms with van der Waals surface area (Å²) in [6.07, 6.45) is 1.24. The van der Waals surface area contributed by atoms with E-state index < -0.39 is 16.0 Å². The van der Waals surface area contributed by atoms with Crippen LogP contribution in [0.3, 0.4) is 0 Å². The average Bonchev–Trinajstić information content (AvgIpc) is 1.83. The number of rotatable bonds is 6. The molecule has 0 unspecified atom stereocenters. The van der Waals surface area contributed by atoms with E-state index in [1.807, 2.05) is 0 Å². The molecular weight excluding hydrogens is 202 g/mol. The van der Waals surface area contributed by atoms with E-state index in [-0.39, 0.29) is 11.5 Å². The quantitative estimate of drug-likeness (QED) is 0.448. The highest BCUT2D eigenvalue weighted by molar-refractivity contribution is 8.00. The van der Waals surface area contributed by atoms with Crippen molar-refractivity contribution in [3.63, 3.8) is 0 Å². The van der Waals surface area contributed by atoms with E-state index in [1.54, 1.807) is 0 Å². The molecule has 0 fully saturated rings. The molecule has 1 amide bonds. The molecule has 0 aliphatic heterocycles. The number of nitrogens with two attached hydrogens (primary N) is 1. The largest absolute Gasteiger partial charge is 0.369 e. The van der Waals surface area contributed by atoms with E-state index in [0.717, 1.165) is 0 Å². The van der Waals surface area contributed by atoms with E-state index in [1.165, 1.54) is 18.2 Å². The number of amides is 1. The Labute approximate surface area is 75.5 Å². The van der Waals surface area contributed by atoms with Crippen LogP contribution in [-0.2, 0) is 14.9 Å². The van der Waals surface area contributed by atoms with Gasteiger partial charge >= 0.3 is 0 Å². The normalized spacial score (nSPS) is 11.4. The van der Waals surface area contributed by atoms with Gasteiger partial charge in [-0.25, -0.2) is 0 Å². The minimum absolute atomic E-state index is 0.253. The lowest BCUT2D eigenvalue weighted by Crippen LogP contribution is -2.13. The van der Waals surface area contributed by atoms with Crippen molar-refractivity contribution in [3.05, 3.63) is 6.42 Å². The van der Waals surface area contributed by atoms with Crippen LogP contribution in [0.5, 0.6) is 0 Å². The molecule has 1 radical (unpaired) electrons. The highest BCUT2D eigenvalue weighted by atomic mass is 32.2. The first-order chi connectivity index (χ1) is 5.42. The second-order valence-electron chi connectivity index (χ2n) is 1.97. The minimum atomic E-state index is -3.88. The molecule has 3 N–H and O–H groups in total. The molecule has 12 heavy (non-hydrogen) atoms. The summed E-state index contributed by atoms with van der Waals surface area (Å²) in [7, 11) is -3.88. The Morgan fingerprint density at radius 1 is 1.58 bits per heavy atom. The third-order valence-electron chi connectivity index (χ3n) is 0.888. The van der Waals surface area contributed by atoms with Gasteiger partial charge < -0.3 is 5.73 Å². The van der Waals surface area contributed by atoms with E-state index in [2.05, 4.69) is 0 Å². The van der Waals surface area contributed by atoms with Gasteiger partial charge in [0.2, 0.25) is 5.91 Å². The fourth-order valence-corrected chi connectivity index (χ4v) is 2.15. The van der Waals surface area contributed by atoms with Gasteiger partial charge in [-0.3, -0.25) is 9.35 Å². The van der Waals surface area contributed by atoms with Crippen LogP contribution in [0.1, 0.15) is 0 Å². The fourth-order valence-electron chi connectivity index (χ4n) is 0.389. The van der Waals surface area contributed by atoms with Crippen LogP contribution < -0.4 is 5.73 Å². The summed E-state index contributed by atoms with van der Waals surface area (Å²) in [4.78, 5) is 10.1. The molecular formula is C5H10NO4S2. The molecule has 0 spiro atoms. The molecule has 0 heterocycles. The maximum absolute atomic E-state index is 10.2. The third-order valence-corrected chi connectivity index (χ3v) is 2.76. The van der Waals surface area contributed by atoms with Gasteiger partial charge in [-0.1, -0.05) is 0 Å². The van der Waals surface area contributed by atoms with Crippen molar-refractivity contribution in [1.82, 2.24) is 0 Å². The number of carbonyl (C=O) groups is 1. The second-order valence-corrected chi connectivity index (χ2v) is 4.69. The first kappa shape index (κ1) is 11.7. The number of thioether (sulfide) groups is 1. The Hall–Kier alpha value is -0.270. The van der Waals surface area contributed by atoms with Crippen molar-refractivity contribution in [2.24, 2.45) is 5.73 Å². The summed E-state index contributed by atoms with van der Waals surface area (Å²) in [5.41, 5.74) is 4.79. The highest BCUT2D eigenvalue weighted by Gasteiger charge is 2.03. The lowest BCUT2D eigenvalue weighted by molar-refractivity contribution is -0.114. The van der Waals surface area contributed by atoms with Crippen molar-refractivity contribution >= 4 is 27.8 Å². The van der Waals surface area contributed by atoms with E-state index in [4.69, 9.17) is 10.3 Å². The predicted molar refractivity (Wildman–Crippen MR) is 47.2 cm³/mol. The zero-order valence-corrected chi connectivity index (χ0v) is 7.90. The van der Waals surface area contributed by atoms with Crippen LogP contribution in [0.2, 0.25) is 0 Å². The standard InChI is InChI=1S/C5H10NO4S2/c6-5(7)1-2-11-3-4-12(8,9)10/h1H,2-4H2,(H2,6,7)(H,8,9,10). The molecule has 71 valence electrons. The lowest BCUT2D eigenvalue weighted by atomic mass is 10.5. The van der Waals surface area contributed by atoms with E-state index >= 15 is 0 Å². The van der Waals surface area contributed by atoms with Crippen LogP contribution in [0.15, 0.2) is 0 Å². The average molecular weight is 212 g/mol. The molecule has 0 rings (SSSR count). The van der Waals surface area contributed by atoms with E-state index in [0.29, 0.717) is 5.75 Å². The summed E-state index contributed by atoms with van der Waals surface area (Å²) in [5, 5.41) is 0. The number of carbonyl (C=O) groups excluding carboxylic acids is 1. The van der Waals surface area contributed by atoms with Gasteiger partial charge in [0.05, 0.1) is 12.2 Å². The van der Waals surface area contributed by atoms with Gasteiger partial charge in [-0.2, -0.15) is 20.2 Å². The Morgan fingerprint density at radius 3 is 2.58 bits per heavy atom. The topological polar surface area (TPSA) is 97.5 Å². The molecule has 0 aromatic heterocycles. The number of hydrogen-bond donors (Lipinski definition) is 2. The third kappa shape index (κ3) is 9.73. The van der Waals surface area contributed by atoms with Gasteiger partial charge in [0.15, 0.2) is 0 Å². The van der Waals surface area contributed by atoms with Crippen LogP contribution in [0.4, 0.5) is 0 Å². The molecule has 0 aliphatic rings. The van der Waals surface area contributed by atoms with Crippen molar-refractivity contribution in [3.8, 4) is 0 Å². The summed E-state index contributed by atoms with van der Waals surface area (Å²) < 4.78 is 28.6. The summed E-state index contributed by atoms with van der Waals surface area (Å²) in [5.74, 6) is -0.216. The smallest absolute Gasteiger partial charge is 0.265 e. The van der Waals surface area contributed by atoms with Crippen molar-refractivity contribution in [2.75, 3.05) is 17.3 Å². The monoisotopic (exact) mass is 212 g/mol. The molecule has 0 saturated heterocycles. The predicted octanol–water partition coefficient (Wildman–Crippen LogP) is -0.703. The molecule has 0 bridgehead atoms. The van der Waals surface area contributed by atoms with Crippen LogP contribution >= 0.6 is 11.8 Å². The summed E-state index contributed by atoms with van der Waals surface area (Å²) in [6.45, 7) is 0. The van der Waals surface area contributed by atoms with Gasteiger partial charge in [0.1, 0.15) is 0 Å². The van der Waals surface area contributed by atoms with Gasteiger partial charge in [0, 0.05) is 11.5 Å². The first-order valence-corrected chi connectivity index (χ1v) is 5.84. The van der Waals surface area contributed by atoms with E-state index in [9.17, 15) is 13.2 Å². The SMILES string of the molecule is NC(=O)[CH]CSCCS(=O)(=O)O. The summed E-state index contributed by atoms with van der Waals surface area (Å²) >= 11 is 1.21. The molecule has 5 nitrogen and oxygen atoms in total. The first-order valence-electron chi connectivity index (χ1n) is 3.07. The van der Waals surface area contributed by atoms with Crippen molar-refractivity contribution in [1.29, 1.82) is 0 Å².